The van der Waals surface area contributed by atoms with Crippen molar-refractivity contribution >= 4 is 5.97 Å². The normalized spacial score (nSPS) is 14.1. The molecule has 0 aliphatic carbocycles. The average molecular weight is 237 g/mol. The average Bonchev–Trinajstić information content (AvgIpc) is 2.35. The predicted octanol–water partition coefficient (Wildman–Crippen LogP) is 1.85. The fraction of sp³-hybridized carbons (Fsp3) is 0.462. The van der Waals surface area contributed by atoms with Gasteiger partial charge in [0.1, 0.15) is 5.75 Å². The first-order valence-corrected chi connectivity index (χ1v) is 5.65. The minimum atomic E-state index is -0.826. The van der Waals surface area contributed by atoms with Crippen LogP contribution < -0.4 is 10.5 Å². The van der Waals surface area contributed by atoms with Crippen molar-refractivity contribution in [1.82, 2.24) is 0 Å². The van der Waals surface area contributed by atoms with Crippen LogP contribution in [0.15, 0.2) is 24.3 Å². The smallest absolute Gasteiger partial charge is 0.307 e. The van der Waals surface area contributed by atoms with Gasteiger partial charge < -0.3 is 15.6 Å². The van der Waals surface area contributed by atoms with E-state index < -0.39 is 11.9 Å². The topological polar surface area (TPSA) is 72.5 Å². The van der Waals surface area contributed by atoms with Crippen LogP contribution in [0.5, 0.6) is 5.75 Å². The van der Waals surface area contributed by atoms with Gasteiger partial charge in [0.25, 0.3) is 0 Å². The summed E-state index contributed by atoms with van der Waals surface area (Å²) < 4.78 is 5.08. The van der Waals surface area contributed by atoms with Gasteiger partial charge in [-0.15, -0.1) is 0 Å². The highest BCUT2D eigenvalue weighted by Gasteiger charge is 2.19. The molecule has 0 bridgehead atoms. The van der Waals surface area contributed by atoms with E-state index in [2.05, 4.69) is 0 Å². The molecule has 1 rings (SSSR count). The Balaban J connectivity index is 2.68. The lowest BCUT2D eigenvalue weighted by Gasteiger charge is -2.16. The fourth-order valence-electron chi connectivity index (χ4n) is 1.79. The summed E-state index contributed by atoms with van der Waals surface area (Å²) in [6, 6.07) is 7.67. The third-order valence-corrected chi connectivity index (χ3v) is 2.96. The molecule has 0 spiro atoms. The van der Waals surface area contributed by atoms with Crippen LogP contribution in [0.1, 0.15) is 24.8 Å². The van der Waals surface area contributed by atoms with Crippen LogP contribution in [-0.2, 0) is 4.79 Å². The Morgan fingerprint density at radius 2 is 2.00 bits per heavy atom. The van der Waals surface area contributed by atoms with E-state index in [9.17, 15) is 4.79 Å². The molecule has 0 heterocycles. The monoisotopic (exact) mass is 237 g/mol. The lowest BCUT2D eigenvalue weighted by atomic mass is 9.90. The van der Waals surface area contributed by atoms with Gasteiger partial charge in [0.2, 0.25) is 0 Å². The van der Waals surface area contributed by atoms with E-state index in [1.807, 2.05) is 31.2 Å². The molecule has 4 heteroatoms. The Bertz CT molecular complexity index is 361. The zero-order valence-electron chi connectivity index (χ0n) is 10.2. The highest BCUT2D eigenvalue weighted by molar-refractivity contribution is 5.70. The minimum Gasteiger partial charge on any atom is -0.497 e. The number of rotatable bonds is 6. The van der Waals surface area contributed by atoms with E-state index >= 15 is 0 Å². The number of carboxylic acids is 1. The van der Waals surface area contributed by atoms with Gasteiger partial charge in [-0.25, -0.2) is 0 Å². The molecule has 0 saturated carbocycles. The molecule has 0 amide bonds. The van der Waals surface area contributed by atoms with Crippen LogP contribution in [0.2, 0.25) is 0 Å². The number of methoxy groups -OCH3 is 1. The Hall–Kier alpha value is -1.55. The molecule has 2 unspecified atom stereocenters. The van der Waals surface area contributed by atoms with E-state index in [1.54, 1.807) is 7.11 Å². The number of aliphatic carboxylic acids is 1. The molecular weight excluding hydrogens is 218 g/mol. The van der Waals surface area contributed by atoms with Gasteiger partial charge in [-0.3, -0.25) is 4.79 Å². The molecule has 94 valence electrons. The number of carboxylic acid groups (broad SMARTS) is 1. The van der Waals surface area contributed by atoms with Crippen LogP contribution in [-0.4, -0.2) is 24.7 Å². The molecule has 0 saturated heterocycles. The molecule has 1 aromatic rings. The summed E-state index contributed by atoms with van der Waals surface area (Å²) >= 11 is 0. The molecule has 0 aliphatic rings. The number of benzene rings is 1. The van der Waals surface area contributed by atoms with E-state index in [-0.39, 0.29) is 12.5 Å². The summed E-state index contributed by atoms with van der Waals surface area (Å²) in [7, 11) is 1.62. The summed E-state index contributed by atoms with van der Waals surface area (Å²) in [6.07, 6.45) is 0.554. The fourth-order valence-corrected chi connectivity index (χ4v) is 1.79. The SMILES string of the molecule is COc1ccc(C(C)CC(CN)C(=O)O)cc1. The molecule has 1 aromatic carbocycles. The van der Waals surface area contributed by atoms with Crippen LogP contribution in [0.4, 0.5) is 0 Å². The van der Waals surface area contributed by atoms with Crippen molar-refractivity contribution in [2.75, 3.05) is 13.7 Å². The highest BCUT2D eigenvalue weighted by Crippen LogP contribution is 2.25. The highest BCUT2D eigenvalue weighted by atomic mass is 16.5. The van der Waals surface area contributed by atoms with Crippen LogP contribution in [0, 0.1) is 5.92 Å². The summed E-state index contributed by atoms with van der Waals surface area (Å²) in [5.41, 5.74) is 6.55. The predicted molar refractivity (Wildman–Crippen MR) is 66.2 cm³/mol. The molecule has 3 N–H and O–H groups in total. The van der Waals surface area contributed by atoms with Crippen molar-refractivity contribution in [1.29, 1.82) is 0 Å². The Morgan fingerprint density at radius 1 is 1.41 bits per heavy atom. The quantitative estimate of drug-likeness (QED) is 0.792. The van der Waals surface area contributed by atoms with Crippen molar-refractivity contribution in [2.45, 2.75) is 19.3 Å². The van der Waals surface area contributed by atoms with E-state index in [0.29, 0.717) is 6.42 Å². The lowest BCUT2D eigenvalue weighted by Crippen LogP contribution is -2.24. The molecule has 0 radical (unpaired) electrons. The van der Waals surface area contributed by atoms with Gasteiger partial charge in [-0.1, -0.05) is 19.1 Å². The van der Waals surface area contributed by atoms with E-state index in [0.717, 1.165) is 11.3 Å². The first-order valence-electron chi connectivity index (χ1n) is 5.65. The van der Waals surface area contributed by atoms with E-state index in [4.69, 9.17) is 15.6 Å². The van der Waals surface area contributed by atoms with Gasteiger partial charge in [-0.2, -0.15) is 0 Å². The largest absolute Gasteiger partial charge is 0.497 e. The third-order valence-electron chi connectivity index (χ3n) is 2.96. The van der Waals surface area contributed by atoms with Gasteiger partial charge in [0, 0.05) is 6.54 Å². The number of nitrogens with two attached hydrogens (primary N) is 1. The Morgan fingerprint density at radius 3 is 2.41 bits per heavy atom. The van der Waals surface area contributed by atoms with Crippen LogP contribution in [0.25, 0.3) is 0 Å². The van der Waals surface area contributed by atoms with E-state index in [1.165, 1.54) is 0 Å². The molecule has 2 atom stereocenters. The standard InChI is InChI=1S/C13H19NO3/c1-9(7-11(8-14)13(15)16)10-3-5-12(17-2)6-4-10/h3-6,9,11H,7-8,14H2,1-2H3,(H,15,16). The van der Waals surface area contributed by atoms with Gasteiger partial charge >= 0.3 is 5.97 Å². The number of hydrogen-bond acceptors (Lipinski definition) is 3. The first kappa shape index (κ1) is 13.5. The van der Waals surface area contributed by atoms with Crippen molar-refractivity contribution < 1.29 is 14.6 Å². The van der Waals surface area contributed by atoms with Crippen molar-refractivity contribution in [3.63, 3.8) is 0 Å². The summed E-state index contributed by atoms with van der Waals surface area (Å²) in [5, 5.41) is 8.95. The van der Waals surface area contributed by atoms with Gasteiger partial charge in [-0.05, 0) is 30.0 Å². The number of carbonyl (C=O) groups is 1. The van der Waals surface area contributed by atoms with Crippen molar-refractivity contribution in [3.05, 3.63) is 29.8 Å². The zero-order chi connectivity index (χ0) is 12.8. The Kier molecular flexibility index (Phi) is 4.97. The maximum absolute atomic E-state index is 10.9. The zero-order valence-corrected chi connectivity index (χ0v) is 10.2. The van der Waals surface area contributed by atoms with Gasteiger partial charge in [0.15, 0.2) is 0 Å². The summed E-state index contributed by atoms with van der Waals surface area (Å²) in [6.45, 7) is 2.18. The maximum atomic E-state index is 10.9. The first-order chi connectivity index (χ1) is 8.08. The molecule has 0 fully saturated rings. The maximum Gasteiger partial charge on any atom is 0.307 e. The number of hydrogen-bond donors (Lipinski definition) is 2. The molecule has 0 aliphatic heterocycles. The second-order valence-corrected chi connectivity index (χ2v) is 4.18. The number of ether oxygens (including phenoxy) is 1. The molecule has 17 heavy (non-hydrogen) atoms. The molecule has 0 aromatic heterocycles. The second kappa shape index (κ2) is 6.25. The summed E-state index contributed by atoms with van der Waals surface area (Å²) in [5.74, 6) is -0.333. The van der Waals surface area contributed by atoms with Crippen LogP contribution >= 0.6 is 0 Å². The van der Waals surface area contributed by atoms with Gasteiger partial charge in [0.05, 0.1) is 13.0 Å². The minimum absolute atomic E-state index is 0.172. The Labute approximate surface area is 101 Å². The summed E-state index contributed by atoms with van der Waals surface area (Å²) in [4.78, 5) is 10.9. The van der Waals surface area contributed by atoms with Crippen molar-refractivity contribution in [2.24, 2.45) is 11.7 Å². The molecular formula is C13H19NO3. The molecule has 4 nitrogen and oxygen atoms in total. The van der Waals surface area contributed by atoms with Crippen LogP contribution in [0.3, 0.4) is 0 Å². The van der Waals surface area contributed by atoms with Crippen molar-refractivity contribution in [3.8, 4) is 5.75 Å². The third kappa shape index (κ3) is 3.75. The second-order valence-electron chi connectivity index (χ2n) is 4.18. The lowest BCUT2D eigenvalue weighted by molar-refractivity contribution is -0.141.